The molecule has 1 aliphatic carbocycles. The number of ether oxygens (including phenoxy) is 2. The minimum atomic E-state index is 0.628. The summed E-state index contributed by atoms with van der Waals surface area (Å²) in [5.41, 5.74) is 1.21. The zero-order valence-corrected chi connectivity index (χ0v) is 13.1. The van der Waals surface area contributed by atoms with Crippen LogP contribution in [0.15, 0.2) is 18.2 Å². The Bertz CT molecular complexity index is 411. The minimum absolute atomic E-state index is 0.628. The molecule has 3 nitrogen and oxygen atoms in total. The molecule has 1 saturated carbocycles. The van der Waals surface area contributed by atoms with Crippen LogP contribution in [0.4, 0.5) is 0 Å². The Morgan fingerprint density at radius 3 is 2.25 bits per heavy atom. The van der Waals surface area contributed by atoms with E-state index in [2.05, 4.69) is 31.3 Å². The Morgan fingerprint density at radius 2 is 1.70 bits per heavy atom. The number of methoxy groups -OCH3 is 2. The highest BCUT2D eigenvalue weighted by Crippen LogP contribution is 2.29. The van der Waals surface area contributed by atoms with Crippen LogP contribution in [0.25, 0.3) is 0 Å². The lowest BCUT2D eigenvalue weighted by Gasteiger charge is -2.33. The molecular weight excluding hydrogens is 250 g/mol. The van der Waals surface area contributed by atoms with Crippen LogP contribution in [0, 0.1) is 11.8 Å². The summed E-state index contributed by atoms with van der Waals surface area (Å²) in [5, 5.41) is 3.70. The summed E-state index contributed by atoms with van der Waals surface area (Å²) < 4.78 is 10.6. The van der Waals surface area contributed by atoms with Gasteiger partial charge >= 0.3 is 0 Å². The summed E-state index contributed by atoms with van der Waals surface area (Å²) >= 11 is 0. The van der Waals surface area contributed by atoms with Gasteiger partial charge in [-0.25, -0.2) is 0 Å². The van der Waals surface area contributed by atoms with E-state index in [9.17, 15) is 0 Å². The molecule has 3 heteroatoms. The van der Waals surface area contributed by atoms with Crippen molar-refractivity contribution in [3.63, 3.8) is 0 Å². The van der Waals surface area contributed by atoms with Crippen molar-refractivity contribution in [3.05, 3.63) is 23.8 Å². The molecule has 0 amide bonds. The largest absolute Gasteiger partial charge is 0.497 e. The number of nitrogens with one attached hydrogen (secondary N) is 1. The van der Waals surface area contributed by atoms with Gasteiger partial charge in [0.2, 0.25) is 0 Å². The van der Waals surface area contributed by atoms with Gasteiger partial charge in [0.05, 0.1) is 14.2 Å². The van der Waals surface area contributed by atoms with Gasteiger partial charge in [-0.1, -0.05) is 13.8 Å². The van der Waals surface area contributed by atoms with Crippen LogP contribution >= 0.6 is 0 Å². The van der Waals surface area contributed by atoms with Gasteiger partial charge in [0, 0.05) is 18.7 Å². The molecule has 20 heavy (non-hydrogen) atoms. The van der Waals surface area contributed by atoms with Crippen LogP contribution in [-0.4, -0.2) is 20.3 Å². The molecule has 0 radical (unpaired) electrons. The van der Waals surface area contributed by atoms with E-state index in [1.54, 1.807) is 14.2 Å². The van der Waals surface area contributed by atoms with Crippen molar-refractivity contribution in [2.24, 2.45) is 11.8 Å². The Morgan fingerprint density at radius 1 is 1.05 bits per heavy atom. The second-order valence-electron chi connectivity index (χ2n) is 6.10. The van der Waals surface area contributed by atoms with Crippen LogP contribution in [0.5, 0.6) is 11.5 Å². The van der Waals surface area contributed by atoms with Crippen molar-refractivity contribution in [1.29, 1.82) is 0 Å². The Kier molecular flexibility index (Phi) is 5.30. The summed E-state index contributed by atoms with van der Waals surface area (Å²) in [4.78, 5) is 0. The Labute approximate surface area is 122 Å². The van der Waals surface area contributed by atoms with E-state index in [4.69, 9.17) is 9.47 Å². The Hall–Kier alpha value is -1.22. The monoisotopic (exact) mass is 277 g/mol. The van der Waals surface area contributed by atoms with Crippen LogP contribution < -0.4 is 14.8 Å². The van der Waals surface area contributed by atoms with E-state index in [0.717, 1.165) is 29.9 Å². The molecule has 1 aromatic rings. The van der Waals surface area contributed by atoms with E-state index in [1.165, 1.54) is 24.8 Å². The molecule has 1 aromatic carbocycles. The summed E-state index contributed by atoms with van der Waals surface area (Å²) in [5.74, 6) is 3.34. The van der Waals surface area contributed by atoms with Gasteiger partial charge in [-0.2, -0.15) is 0 Å². The first kappa shape index (κ1) is 15.2. The average Bonchev–Trinajstić information content (AvgIpc) is 2.46. The first-order valence-electron chi connectivity index (χ1n) is 7.57. The molecule has 112 valence electrons. The number of hydrogen-bond acceptors (Lipinski definition) is 3. The maximum absolute atomic E-state index is 5.32. The van der Waals surface area contributed by atoms with Crippen LogP contribution in [0.3, 0.4) is 0 Å². The third-order valence-electron chi connectivity index (χ3n) is 4.41. The molecule has 0 spiro atoms. The van der Waals surface area contributed by atoms with E-state index in [0.29, 0.717) is 6.04 Å². The van der Waals surface area contributed by atoms with Crippen LogP contribution in [0.2, 0.25) is 0 Å². The SMILES string of the molecule is COc1cc(CNC2CCC(C)CC2C)cc(OC)c1. The van der Waals surface area contributed by atoms with Gasteiger partial charge < -0.3 is 14.8 Å². The summed E-state index contributed by atoms with van der Waals surface area (Å²) in [6.07, 6.45) is 3.95. The van der Waals surface area contributed by atoms with Gasteiger partial charge in [-0.05, 0) is 48.8 Å². The van der Waals surface area contributed by atoms with Crippen molar-refractivity contribution in [3.8, 4) is 11.5 Å². The minimum Gasteiger partial charge on any atom is -0.497 e. The molecule has 0 aromatic heterocycles. The maximum Gasteiger partial charge on any atom is 0.122 e. The van der Waals surface area contributed by atoms with Gasteiger partial charge in [-0.3, -0.25) is 0 Å². The van der Waals surface area contributed by atoms with E-state index in [-0.39, 0.29) is 0 Å². The van der Waals surface area contributed by atoms with Gasteiger partial charge in [0.1, 0.15) is 11.5 Å². The molecule has 3 atom stereocenters. The highest BCUT2D eigenvalue weighted by molar-refractivity contribution is 5.38. The van der Waals surface area contributed by atoms with Crippen molar-refractivity contribution in [2.75, 3.05) is 14.2 Å². The zero-order chi connectivity index (χ0) is 14.5. The van der Waals surface area contributed by atoms with Crippen LogP contribution in [0.1, 0.15) is 38.7 Å². The number of hydrogen-bond donors (Lipinski definition) is 1. The molecule has 0 bridgehead atoms. The number of benzene rings is 1. The molecule has 1 N–H and O–H groups in total. The lowest BCUT2D eigenvalue weighted by molar-refractivity contribution is 0.227. The predicted octanol–water partition coefficient (Wildman–Crippen LogP) is 3.62. The molecular formula is C17H27NO2. The fourth-order valence-electron chi connectivity index (χ4n) is 3.19. The molecule has 1 fully saturated rings. The topological polar surface area (TPSA) is 30.5 Å². The maximum atomic E-state index is 5.32. The summed E-state index contributed by atoms with van der Waals surface area (Å²) in [6, 6.07) is 6.69. The predicted molar refractivity (Wildman–Crippen MR) is 82.4 cm³/mol. The van der Waals surface area contributed by atoms with Gasteiger partial charge in [0.15, 0.2) is 0 Å². The Balaban J connectivity index is 1.96. The second kappa shape index (κ2) is 6.98. The standard InChI is InChI=1S/C17H27NO2/c1-12-5-6-17(13(2)7-12)18-11-14-8-15(19-3)10-16(9-14)20-4/h8-10,12-13,17-18H,5-7,11H2,1-4H3. The van der Waals surface area contributed by atoms with Crippen molar-refractivity contribution in [2.45, 2.75) is 45.7 Å². The van der Waals surface area contributed by atoms with E-state index >= 15 is 0 Å². The van der Waals surface area contributed by atoms with Crippen LogP contribution in [-0.2, 0) is 6.54 Å². The van der Waals surface area contributed by atoms with E-state index < -0.39 is 0 Å². The molecule has 3 unspecified atom stereocenters. The van der Waals surface area contributed by atoms with Crippen molar-refractivity contribution in [1.82, 2.24) is 5.32 Å². The van der Waals surface area contributed by atoms with Gasteiger partial charge in [-0.15, -0.1) is 0 Å². The molecule has 0 saturated heterocycles. The summed E-state index contributed by atoms with van der Waals surface area (Å²) in [6.45, 7) is 5.59. The second-order valence-corrected chi connectivity index (χ2v) is 6.10. The summed E-state index contributed by atoms with van der Waals surface area (Å²) in [7, 11) is 3.38. The molecule has 0 heterocycles. The lowest BCUT2D eigenvalue weighted by atomic mass is 9.80. The van der Waals surface area contributed by atoms with E-state index in [1.807, 2.05) is 6.07 Å². The first-order valence-corrected chi connectivity index (χ1v) is 7.57. The third-order valence-corrected chi connectivity index (χ3v) is 4.41. The molecule has 1 aliphatic rings. The normalized spacial score (nSPS) is 26.3. The smallest absolute Gasteiger partial charge is 0.122 e. The first-order chi connectivity index (χ1) is 9.62. The highest BCUT2D eigenvalue weighted by Gasteiger charge is 2.24. The molecule has 0 aliphatic heterocycles. The quantitative estimate of drug-likeness (QED) is 0.891. The third kappa shape index (κ3) is 3.89. The fourth-order valence-corrected chi connectivity index (χ4v) is 3.19. The highest BCUT2D eigenvalue weighted by atomic mass is 16.5. The van der Waals surface area contributed by atoms with Crippen molar-refractivity contribution >= 4 is 0 Å². The molecule has 2 rings (SSSR count). The zero-order valence-electron chi connectivity index (χ0n) is 13.1. The number of rotatable bonds is 5. The van der Waals surface area contributed by atoms with Gasteiger partial charge in [0.25, 0.3) is 0 Å². The average molecular weight is 277 g/mol. The fraction of sp³-hybridized carbons (Fsp3) is 0.647. The van der Waals surface area contributed by atoms with Crippen molar-refractivity contribution < 1.29 is 9.47 Å². The lowest BCUT2D eigenvalue weighted by Crippen LogP contribution is -2.38.